The van der Waals surface area contributed by atoms with Gasteiger partial charge in [-0.05, 0) is 42.6 Å². The number of allylic oxidation sites excluding steroid dienone is 1. The number of esters is 1. The minimum absolute atomic E-state index is 0.00410. The first kappa shape index (κ1) is 25.9. The second kappa shape index (κ2) is 8.10. The topological polar surface area (TPSA) is 124 Å². The third-order valence-corrected chi connectivity index (χ3v) is 10.5. The lowest BCUT2D eigenvalue weighted by atomic mass is 9.52. The van der Waals surface area contributed by atoms with E-state index < -0.39 is 59.6 Å². The van der Waals surface area contributed by atoms with Gasteiger partial charge in [-0.1, -0.05) is 44.9 Å². The van der Waals surface area contributed by atoms with Crippen molar-refractivity contribution in [3.8, 4) is 0 Å². The first-order valence-electron chi connectivity index (χ1n) is 13.5. The van der Waals surface area contributed by atoms with Gasteiger partial charge in [-0.2, -0.15) is 0 Å². The van der Waals surface area contributed by atoms with E-state index in [1.54, 1.807) is 6.08 Å². The number of rotatable bonds is 3. The number of aliphatic hydroxyl groups is 3. The summed E-state index contributed by atoms with van der Waals surface area (Å²) in [5.41, 5.74) is 0.566. The molecule has 9 heteroatoms. The smallest absolute Gasteiger partial charge is 0.303 e. The number of ether oxygens (including phenoxy) is 5. The summed E-state index contributed by atoms with van der Waals surface area (Å²) >= 11 is 0. The van der Waals surface area contributed by atoms with Gasteiger partial charge in [-0.15, -0.1) is 0 Å². The molecule has 3 saturated heterocycles. The fourth-order valence-corrected chi connectivity index (χ4v) is 8.70. The molecule has 6 rings (SSSR count). The zero-order chi connectivity index (χ0) is 26.7. The summed E-state index contributed by atoms with van der Waals surface area (Å²) in [5, 5.41) is 36.2. The first-order chi connectivity index (χ1) is 17.3. The third kappa shape index (κ3) is 3.13. The fourth-order valence-electron chi connectivity index (χ4n) is 8.70. The van der Waals surface area contributed by atoms with Crippen LogP contribution >= 0.6 is 0 Å². The Morgan fingerprint density at radius 1 is 1.16 bits per heavy atom. The number of hydrogen-bond acceptors (Lipinski definition) is 9. The fraction of sp³-hybridized carbons (Fsp3) is 0.821. The van der Waals surface area contributed by atoms with Crippen LogP contribution in [0.15, 0.2) is 22.8 Å². The number of carbonyl (C=O) groups excluding carboxylic acids is 1. The highest BCUT2D eigenvalue weighted by Crippen LogP contribution is 2.68. The molecule has 0 unspecified atom stereocenters. The summed E-state index contributed by atoms with van der Waals surface area (Å²) in [7, 11) is 1.45. The van der Waals surface area contributed by atoms with Crippen LogP contribution in [0.2, 0.25) is 0 Å². The van der Waals surface area contributed by atoms with Gasteiger partial charge in [0, 0.05) is 25.4 Å². The lowest BCUT2D eigenvalue weighted by Crippen LogP contribution is -2.77. The van der Waals surface area contributed by atoms with E-state index in [4.69, 9.17) is 23.7 Å². The van der Waals surface area contributed by atoms with Crippen LogP contribution in [0, 0.1) is 28.6 Å². The SMILES string of the molecule is CO[C@@H]1O[C@@]2(O)[C@H](OC(C)=O)CO[C@H]3O[C@H]4[C@@H](C1=C[C@H](O)[C@@H]1C5=C(C(C)C)CC[C@]5(C)CC[C@@]41C)[C@]32O. The molecular formula is C28H40O9. The van der Waals surface area contributed by atoms with Gasteiger partial charge in [0.05, 0.1) is 24.7 Å². The van der Waals surface area contributed by atoms with E-state index in [0.717, 1.165) is 25.7 Å². The number of methoxy groups -OCH3 is 1. The molecule has 3 aliphatic heterocycles. The Bertz CT molecular complexity index is 1070. The second-order valence-corrected chi connectivity index (χ2v) is 12.8. The van der Waals surface area contributed by atoms with E-state index in [9.17, 15) is 20.1 Å². The van der Waals surface area contributed by atoms with Gasteiger partial charge in [-0.3, -0.25) is 4.79 Å². The van der Waals surface area contributed by atoms with Crippen LogP contribution in [0.25, 0.3) is 0 Å². The van der Waals surface area contributed by atoms with Crippen molar-refractivity contribution in [2.45, 2.75) is 103 Å². The number of carbonyl (C=O) groups is 1. The predicted octanol–water partition coefficient (Wildman–Crippen LogP) is 2.18. The lowest BCUT2D eigenvalue weighted by Gasteiger charge is -2.57. The van der Waals surface area contributed by atoms with Crippen molar-refractivity contribution in [2.24, 2.45) is 28.6 Å². The molecule has 6 aliphatic rings. The largest absolute Gasteiger partial charge is 0.454 e. The van der Waals surface area contributed by atoms with Gasteiger partial charge in [0.1, 0.15) is 0 Å². The van der Waals surface area contributed by atoms with Crippen molar-refractivity contribution in [3.05, 3.63) is 22.8 Å². The maximum atomic E-state index is 12.3. The standard InChI is InChI=1S/C28H40O9/c1-13(2)15-7-8-25(4)9-10-26(5)21(19(15)25)17(30)11-16-20-22(26)36-24-27(20,31)28(32,37-23(16)33-6)18(12-34-24)35-14(3)29/h11,13,17-18,20-24,30-32H,7-10,12H2,1-6H3/t17-,18+,20+,21+,22-,23+,24-,25+,26+,27-,28-/m0/s1. The maximum Gasteiger partial charge on any atom is 0.303 e. The van der Waals surface area contributed by atoms with Crippen LogP contribution in [0.1, 0.15) is 60.3 Å². The van der Waals surface area contributed by atoms with E-state index in [1.165, 1.54) is 25.2 Å². The van der Waals surface area contributed by atoms with E-state index in [0.29, 0.717) is 11.5 Å². The molecule has 3 heterocycles. The quantitative estimate of drug-likeness (QED) is 0.379. The Morgan fingerprint density at radius 3 is 2.54 bits per heavy atom. The number of aliphatic hydroxyl groups excluding tert-OH is 1. The van der Waals surface area contributed by atoms with Crippen LogP contribution in [0.5, 0.6) is 0 Å². The first-order valence-corrected chi connectivity index (χ1v) is 13.5. The van der Waals surface area contributed by atoms with Crippen LogP contribution in [0.3, 0.4) is 0 Å². The Morgan fingerprint density at radius 2 is 1.89 bits per heavy atom. The van der Waals surface area contributed by atoms with Gasteiger partial charge in [0.2, 0.25) is 5.79 Å². The van der Waals surface area contributed by atoms with Crippen LogP contribution in [-0.4, -0.2) is 77.3 Å². The molecule has 3 aliphatic carbocycles. The molecule has 0 aromatic carbocycles. The van der Waals surface area contributed by atoms with E-state index in [2.05, 4.69) is 27.7 Å². The summed E-state index contributed by atoms with van der Waals surface area (Å²) in [4.78, 5) is 11.9. The highest BCUT2D eigenvalue weighted by Gasteiger charge is 2.80. The Hall–Kier alpha value is -1.33. The molecule has 4 fully saturated rings. The molecule has 206 valence electrons. The Kier molecular flexibility index (Phi) is 5.67. The molecular weight excluding hydrogens is 480 g/mol. The predicted molar refractivity (Wildman–Crippen MR) is 130 cm³/mol. The van der Waals surface area contributed by atoms with E-state index >= 15 is 0 Å². The molecule has 0 spiro atoms. The minimum Gasteiger partial charge on any atom is -0.454 e. The molecule has 9 nitrogen and oxygen atoms in total. The Balaban J connectivity index is 1.55. The highest BCUT2D eigenvalue weighted by molar-refractivity contribution is 5.66. The van der Waals surface area contributed by atoms with Crippen LogP contribution in [0.4, 0.5) is 0 Å². The summed E-state index contributed by atoms with van der Waals surface area (Å²) < 4.78 is 29.6. The summed E-state index contributed by atoms with van der Waals surface area (Å²) in [6, 6.07) is 0. The zero-order valence-electron chi connectivity index (χ0n) is 22.5. The monoisotopic (exact) mass is 520 g/mol. The highest BCUT2D eigenvalue weighted by atomic mass is 16.8. The lowest BCUT2D eigenvalue weighted by molar-refractivity contribution is -0.440. The minimum atomic E-state index is -2.33. The summed E-state index contributed by atoms with van der Waals surface area (Å²) in [6.45, 7) is 9.88. The second-order valence-electron chi connectivity index (χ2n) is 12.8. The van der Waals surface area contributed by atoms with E-state index in [1.807, 2.05) is 0 Å². The molecule has 0 aromatic heterocycles. The van der Waals surface area contributed by atoms with Gasteiger partial charge in [0.15, 0.2) is 24.3 Å². The molecule has 0 bridgehead atoms. The molecule has 11 atom stereocenters. The van der Waals surface area contributed by atoms with Gasteiger partial charge < -0.3 is 39.0 Å². The normalized spacial score (nSPS) is 52.3. The molecule has 37 heavy (non-hydrogen) atoms. The molecule has 0 radical (unpaired) electrons. The van der Waals surface area contributed by atoms with Gasteiger partial charge >= 0.3 is 5.97 Å². The summed E-state index contributed by atoms with van der Waals surface area (Å²) in [5.74, 6) is -3.67. The maximum absolute atomic E-state index is 12.3. The van der Waals surface area contributed by atoms with Crippen molar-refractivity contribution in [1.82, 2.24) is 0 Å². The number of hydrogen-bond donors (Lipinski definition) is 3. The third-order valence-electron chi connectivity index (χ3n) is 10.5. The molecule has 3 N–H and O–H groups in total. The van der Waals surface area contributed by atoms with Gasteiger partial charge in [-0.25, -0.2) is 0 Å². The number of fused-ring (bicyclic) bond motifs is 4. The molecule has 0 aromatic rings. The molecule has 1 saturated carbocycles. The average molecular weight is 521 g/mol. The zero-order valence-corrected chi connectivity index (χ0v) is 22.5. The van der Waals surface area contributed by atoms with Crippen molar-refractivity contribution < 1.29 is 43.8 Å². The summed E-state index contributed by atoms with van der Waals surface area (Å²) in [6.07, 6.45) is 0.489. The van der Waals surface area contributed by atoms with Gasteiger partial charge in [0.25, 0.3) is 0 Å². The van der Waals surface area contributed by atoms with Crippen LogP contribution in [-0.2, 0) is 28.5 Å². The van der Waals surface area contributed by atoms with E-state index in [-0.39, 0.29) is 17.9 Å². The Labute approximate surface area is 217 Å². The van der Waals surface area contributed by atoms with Crippen molar-refractivity contribution >= 4 is 5.97 Å². The van der Waals surface area contributed by atoms with Crippen molar-refractivity contribution in [1.29, 1.82) is 0 Å². The average Bonchev–Trinajstić information content (AvgIpc) is 3.30. The van der Waals surface area contributed by atoms with Crippen molar-refractivity contribution in [3.63, 3.8) is 0 Å². The van der Waals surface area contributed by atoms with Crippen LogP contribution < -0.4 is 0 Å². The van der Waals surface area contributed by atoms with Crippen molar-refractivity contribution in [2.75, 3.05) is 13.7 Å². The molecule has 0 amide bonds.